The molecule has 0 bridgehead atoms. The first-order valence-corrected chi connectivity index (χ1v) is 10.4. The van der Waals surface area contributed by atoms with Crippen molar-refractivity contribution >= 4 is 16.9 Å². The highest BCUT2D eigenvalue weighted by atomic mass is 16.6. The van der Waals surface area contributed by atoms with Crippen LogP contribution in [-0.4, -0.2) is 18.7 Å². The van der Waals surface area contributed by atoms with E-state index in [-0.39, 0.29) is 16.6 Å². The van der Waals surface area contributed by atoms with E-state index < -0.39 is 12.1 Å². The molecule has 31 heavy (non-hydrogen) atoms. The molecule has 2 aromatic carbocycles. The van der Waals surface area contributed by atoms with E-state index in [2.05, 4.69) is 20.8 Å². The Bertz CT molecular complexity index is 1110. The molecule has 0 spiro atoms. The van der Waals surface area contributed by atoms with E-state index in [4.69, 9.17) is 18.6 Å². The van der Waals surface area contributed by atoms with Gasteiger partial charge in [-0.05, 0) is 48.6 Å². The largest absolute Gasteiger partial charge is 0.479 e. The van der Waals surface area contributed by atoms with E-state index in [1.54, 1.807) is 25.1 Å². The molecule has 0 amide bonds. The van der Waals surface area contributed by atoms with E-state index in [0.29, 0.717) is 29.1 Å². The smallest absolute Gasteiger partial charge is 0.347 e. The zero-order valence-electron chi connectivity index (χ0n) is 18.6. The van der Waals surface area contributed by atoms with Crippen LogP contribution in [-0.2, 0) is 14.9 Å². The topological polar surface area (TPSA) is 75.0 Å². The summed E-state index contributed by atoms with van der Waals surface area (Å²) in [5.74, 6) is 0.618. The molecule has 0 aliphatic heterocycles. The quantitative estimate of drug-likeness (QED) is 0.459. The Morgan fingerprint density at radius 1 is 1.06 bits per heavy atom. The minimum atomic E-state index is -0.769. The van der Waals surface area contributed by atoms with Gasteiger partial charge in [0.15, 0.2) is 6.10 Å². The molecule has 0 radical (unpaired) electrons. The molecule has 0 aliphatic carbocycles. The Labute approximate surface area is 181 Å². The summed E-state index contributed by atoms with van der Waals surface area (Å²) in [5.41, 5.74) is 1.26. The van der Waals surface area contributed by atoms with Crippen LogP contribution in [0.2, 0.25) is 0 Å². The summed E-state index contributed by atoms with van der Waals surface area (Å²) in [5, 5.41) is 0.359. The predicted octanol–water partition coefficient (Wildman–Crippen LogP) is 5.60. The second-order valence-electron chi connectivity index (χ2n) is 8.39. The van der Waals surface area contributed by atoms with Crippen LogP contribution in [0, 0.1) is 0 Å². The third-order valence-corrected chi connectivity index (χ3v) is 4.76. The molecule has 164 valence electrons. The van der Waals surface area contributed by atoms with Crippen molar-refractivity contribution in [2.75, 3.05) is 6.61 Å². The van der Waals surface area contributed by atoms with Gasteiger partial charge in [-0.25, -0.2) is 4.79 Å². The highest BCUT2D eigenvalue weighted by molar-refractivity contribution is 5.79. The number of fused-ring (bicyclic) bond motifs is 1. The fourth-order valence-corrected chi connectivity index (χ4v) is 2.96. The van der Waals surface area contributed by atoms with E-state index >= 15 is 0 Å². The molecular weight excluding hydrogens is 396 g/mol. The first-order chi connectivity index (χ1) is 14.7. The number of carbonyl (C=O) groups is 1. The third-order valence-electron chi connectivity index (χ3n) is 4.76. The molecule has 0 unspecified atom stereocenters. The first kappa shape index (κ1) is 22.4. The van der Waals surface area contributed by atoms with Crippen LogP contribution in [0.1, 0.15) is 46.6 Å². The Balaban J connectivity index is 1.77. The lowest BCUT2D eigenvalue weighted by Crippen LogP contribution is -2.26. The van der Waals surface area contributed by atoms with Gasteiger partial charge in [-0.15, -0.1) is 0 Å². The van der Waals surface area contributed by atoms with Gasteiger partial charge in [-0.1, -0.05) is 39.8 Å². The maximum absolute atomic E-state index is 12.8. The summed E-state index contributed by atoms with van der Waals surface area (Å²) in [6.07, 6.45) is 1.25. The van der Waals surface area contributed by atoms with E-state index in [0.717, 1.165) is 6.42 Å². The number of carbonyl (C=O) groups excluding carboxylic acids is 1. The van der Waals surface area contributed by atoms with Gasteiger partial charge in [0.2, 0.25) is 11.2 Å². The number of hydrogen-bond acceptors (Lipinski definition) is 6. The van der Waals surface area contributed by atoms with E-state index in [9.17, 15) is 9.59 Å². The number of ether oxygens (including phenoxy) is 3. The molecule has 3 rings (SSSR count). The Morgan fingerprint density at radius 3 is 2.39 bits per heavy atom. The number of rotatable bonds is 7. The van der Waals surface area contributed by atoms with Gasteiger partial charge in [-0.2, -0.15) is 0 Å². The van der Waals surface area contributed by atoms with Crippen LogP contribution in [0.5, 0.6) is 17.2 Å². The number of benzene rings is 2. The van der Waals surface area contributed by atoms with Crippen LogP contribution in [0.4, 0.5) is 0 Å². The first-order valence-electron chi connectivity index (χ1n) is 10.4. The molecule has 0 N–H and O–H groups in total. The summed E-state index contributed by atoms with van der Waals surface area (Å²) in [6, 6.07) is 12.4. The van der Waals surface area contributed by atoms with Gasteiger partial charge in [0, 0.05) is 6.07 Å². The molecule has 1 atom stereocenters. The molecule has 0 saturated carbocycles. The standard InChI is InChI=1S/C25H28O6/c1-6-13-28-24(27)16(2)30-19-11-12-20-21(14-19)29-15-22(23(20)26)31-18-9-7-17(8-10-18)25(3,4)5/h7-12,14-16H,6,13H2,1-5H3/t16-/m1/s1. The Hall–Kier alpha value is -3.28. The molecule has 6 nitrogen and oxygen atoms in total. The predicted molar refractivity (Wildman–Crippen MR) is 119 cm³/mol. The third kappa shape index (κ3) is 5.45. The molecule has 0 fully saturated rings. The SMILES string of the molecule is CCCOC(=O)[C@@H](C)Oc1ccc2c(=O)c(Oc3ccc(C(C)(C)C)cc3)coc2c1. The minimum Gasteiger partial charge on any atom is -0.479 e. The highest BCUT2D eigenvalue weighted by Crippen LogP contribution is 2.27. The molecule has 6 heteroatoms. The van der Waals surface area contributed by atoms with Gasteiger partial charge in [-0.3, -0.25) is 4.79 Å². The Morgan fingerprint density at radius 2 is 1.74 bits per heavy atom. The lowest BCUT2D eigenvalue weighted by atomic mass is 9.87. The van der Waals surface area contributed by atoms with Crippen LogP contribution in [0.3, 0.4) is 0 Å². The summed E-state index contributed by atoms with van der Waals surface area (Å²) in [7, 11) is 0. The minimum absolute atomic E-state index is 0.0323. The van der Waals surface area contributed by atoms with Crippen molar-refractivity contribution in [3.05, 3.63) is 64.5 Å². The van der Waals surface area contributed by atoms with Crippen molar-refractivity contribution in [2.45, 2.75) is 52.6 Å². The van der Waals surface area contributed by atoms with Crippen molar-refractivity contribution in [1.82, 2.24) is 0 Å². The molecule has 3 aromatic rings. The van der Waals surface area contributed by atoms with Crippen molar-refractivity contribution in [1.29, 1.82) is 0 Å². The summed E-state index contributed by atoms with van der Waals surface area (Å²) < 4.78 is 22.0. The molecule has 1 aromatic heterocycles. The van der Waals surface area contributed by atoms with Crippen LogP contribution >= 0.6 is 0 Å². The van der Waals surface area contributed by atoms with E-state index in [1.165, 1.54) is 11.8 Å². The maximum Gasteiger partial charge on any atom is 0.347 e. The molecule has 1 heterocycles. The summed E-state index contributed by atoms with van der Waals surface area (Å²) in [4.78, 5) is 24.7. The van der Waals surface area contributed by atoms with Crippen molar-refractivity contribution in [3.63, 3.8) is 0 Å². The van der Waals surface area contributed by atoms with Gasteiger partial charge in [0.05, 0.1) is 12.0 Å². The summed E-state index contributed by atoms with van der Waals surface area (Å²) >= 11 is 0. The van der Waals surface area contributed by atoms with Crippen LogP contribution in [0.25, 0.3) is 11.0 Å². The van der Waals surface area contributed by atoms with Gasteiger partial charge in [0.1, 0.15) is 23.3 Å². The lowest BCUT2D eigenvalue weighted by Gasteiger charge is -2.19. The second kappa shape index (κ2) is 9.25. The molecule has 0 saturated heterocycles. The average molecular weight is 424 g/mol. The zero-order valence-corrected chi connectivity index (χ0v) is 18.6. The molecular formula is C25H28O6. The van der Waals surface area contributed by atoms with Gasteiger partial charge >= 0.3 is 5.97 Å². The fourth-order valence-electron chi connectivity index (χ4n) is 2.96. The normalized spacial score (nSPS) is 12.4. The van der Waals surface area contributed by atoms with Crippen molar-refractivity contribution in [3.8, 4) is 17.2 Å². The zero-order chi connectivity index (χ0) is 22.6. The number of esters is 1. The van der Waals surface area contributed by atoms with Gasteiger partial charge in [0.25, 0.3) is 0 Å². The van der Waals surface area contributed by atoms with Crippen LogP contribution < -0.4 is 14.9 Å². The fraction of sp³-hybridized carbons (Fsp3) is 0.360. The average Bonchev–Trinajstić information content (AvgIpc) is 2.73. The van der Waals surface area contributed by atoms with Crippen LogP contribution in [0.15, 0.2) is 57.9 Å². The van der Waals surface area contributed by atoms with Crippen molar-refractivity contribution in [2.24, 2.45) is 0 Å². The lowest BCUT2D eigenvalue weighted by molar-refractivity contribution is -0.151. The number of hydrogen-bond donors (Lipinski definition) is 0. The summed E-state index contributed by atoms with van der Waals surface area (Å²) in [6.45, 7) is 10.3. The second-order valence-corrected chi connectivity index (χ2v) is 8.39. The molecule has 0 aliphatic rings. The van der Waals surface area contributed by atoms with E-state index in [1.807, 2.05) is 31.2 Å². The maximum atomic E-state index is 12.8. The highest BCUT2D eigenvalue weighted by Gasteiger charge is 2.18. The monoisotopic (exact) mass is 424 g/mol. The van der Waals surface area contributed by atoms with Crippen molar-refractivity contribution < 1.29 is 23.4 Å². The Kier molecular flexibility index (Phi) is 6.68. The van der Waals surface area contributed by atoms with Gasteiger partial charge < -0.3 is 18.6 Å².